The van der Waals surface area contributed by atoms with Gasteiger partial charge in [-0.25, -0.2) is 0 Å². The Kier molecular flexibility index (Phi) is 3.52. The molecule has 0 amide bonds. The Labute approximate surface area is 106 Å². The molecule has 5 nitrogen and oxygen atoms in total. The molecule has 0 unspecified atom stereocenters. The lowest BCUT2D eigenvalue weighted by atomic mass is 9.82. The van der Waals surface area contributed by atoms with Gasteiger partial charge in [-0.15, -0.1) is 0 Å². The van der Waals surface area contributed by atoms with Crippen LogP contribution in [0, 0.1) is 23.0 Å². The van der Waals surface area contributed by atoms with Crippen LogP contribution in [0.15, 0.2) is 18.2 Å². The van der Waals surface area contributed by atoms with E-state index in [2.05, 4.69) is 0 Å². The highest BCUT2D eigenvalue weighted by Crippen LogP contribution is 2.34. The second-order valence-electron chi connectivity index (χ2n) is 5.07. The number of aliphatic hydroxyl groups is 1. The number of aryl methyl sites for hydroxylation is 1. The molecule has 98 valence electrons. The van der Waals surface area contributed by atoms with Crippen molar-refractivity contribution in [2.45, 2.75) is 25.9 Å². The van der Waals surface area contributed by atoms with Gasteiger partial charge < -0.3 is 10.0 Å². The van der Waals surface area contributed by atoms with Crippen molar-refractivity contribution in [1.82, 2.24) is 0 Å². The SMILES string of the molecule is Cc1cccc([N+](=O)[O-])c1N(C)CC1CC(O)C1. The highest BCUT2D eigenvalue weighted by Gasteiger charge is 2.29. The molecule has 5 heteroatoms. The van der Waals surface area contributed by atoms with Crippen LogP contribution in [-0.2, 0) is 0 Å². The molecule has 1 aromatic rings. The molecule has 0 saturated heterocycles. The second kappa shape index (κ2) is 4.94. The zero-order chi connectivity index (χ0) is 13.3. The fourth-order valence-electron chi connectivity index (χ4n) is 2.62. The molecule has 0 spiro atoms. The number of aliphatic hydroxyl groups excluding tert-OH is 1. The number of benzene rings is 1. The first kappa shape index (κ1) is 12.8. The van der Waals surface area contributed by atoms with E-state index in [0.29, 0.717) is 11.6 Å². The zero-order valence-electron chi connectivity index (χ0n) is 10.7. The number of para-hydroxylation sites is 1. The molecule has 0 atom stereocenters. The van der Waals surface area contributed by atoms with Gasteiger partial charge in [-0.2, -0.15) is 0 Å². The third-order valence-electron chi connectivity index (χ3n) is 3.54. The molecule has 0 aliphatic heterocycles. The molecule has 1 aromatic carbocycles. The Bertz CT molecular complexity index is 456. The Hall–Kier alpha value is -1.62. The van der Waals surface area contributed by atoms with Gasteiger partial charge in [0.2, 0.25) is 0 Å². The minimum atomic E-state index is -0.339. The third-order valence-corrected chi connectivity index (χ3v) is 3.54. The number of hydrogen-bond donors (Lipinski definition) is 1. The second-order valence-corrected chi connectivity index (χ2v) is 5.07. The normalized spacial score (nSPS) is 22.4. The Morgan fingerprint density at radius 1 is 1.50 bits per heavy atom. The van der Waals surface area contributed by atoms with Crippen LogP contribution in [0.4, 0.5) is 11.4 Å². The fraction of sp³-hybridized carbons (Fsp3) is 0.538. The van der Waals surface area contributed by atoms with E-state index < -0.39 is 0 Å². The Balaban J connectivity index is 2.18. The van der Waals surface area contributed by atoms with Gasteiger partial charge in [-0.1, -0.05) is 12.1 Å². The van der Waals surface area contributed by atoms with Crippen LogP contribution in [0.3, 0.4) is 0 Å². The summed E-state index contributed by atoms with van der Waals surface area (Å²) >= 11 is 0. The average molecular weight is 250 g/mol. The maximum atomic E-state index is 11.0. The highest BCUT2D eigenvalue weighted by molar-refractivity contribution is 5.67. The zero-order valence-corrected chi connectivity index (χ0v) is 10.7. The van der Waals surface area contributed by atoms with Crippen LogP contribution < -0.4 is 4.90 Å². The van der Waals surface area contributed by atoms with Crippen LogP contribution in [0.1, 0.15) is 18.4 Å². The van der Waals surface area contributed by atoms with Crippen molar-refractivity contribution >= 4 is 11.4 Å². The Morgan fingerprint density at radius 2 is 2.17 bits per heavy atom. The monoisotopic (exact) mass is 250 g/mol. The first-order valence-electron chi connectivity index (χ1n) is 6.12. The molecular weight excluding hydrogens is 232 g/mol. The van der Waals surface area contributed by atoms with Gasteiger partial charge in [0.15, 0.2) is 0 Å². The van der Waals surface area contributed by atoms with Gasteiger partial charge in [0.25, 0.3) is 5.69 Å². The summed E-state index contributed by atoms with van der Waals surface area (Å²) in [6.07, 6.45) is 1.41. The first-order valence-corrected chi connectivity index (χ1v) is 6.12. The van der Waals surface area contributed by atoms with E-state index in [4.69, 9.17) is 0 Å². The van der Waals surface area contributed by atoms with Gasteiger partial charge in [0.05, 0.1) is 11.0 Å². The first-order chi connectivity index (χ1) is 8.49. The van der Waals surface area contributed by atoms with Crippen LogP contribution in [0.5, 0.6) is 0 Å². The molecule has 0 bridgehead atoms. The molecule has 1 N–H and O–H groups in total. The molecule has 1 aliphatic rings. The highest BCUT2D eigenvalue weighted by atomic mass is 16.6. The van der Waals surface area contributed by atoms with Gasteiger partial charge in [-0.05, 0) is 31.2 Å². The van der Waals surface area contributed by atoms with Crippen molar-refractivity contribution < 1.29 is 10.0 Å². The maximum Gasteiger partial charge on any atom is 0.292 e. The predicted octanol–water partition coefficient (Wildman–Crippen LogP) is 2.11. The number of rotatable bonds is 4. The number of nitrogens with zero attached hydrogens (tertiary/aromatic N) is 2. The summed E-state index contributed by atoms with van der Waals surface area (Å²) in [5.41, 5.74) is 1.74. The van der Waals surface area contributed by atoms with E-state index in [1.165, 1.54) is 6.07 Å². The summed E-state index contributed by atoms with van der Waals surface area (Å²) in [4.78, 5) is 12.6. The van der Waals surface area contributed by atoms with Crippen LogP contribution >= 0.6 is 0 Å². The van der Waals surface area contributed by atoms with Crippen molar-refractivity contribution in [3.8, 4) is 0 Å². The van der Waals surface area contributed by atoms with E-state index in [0.717, 1.165) is 24.9 Å². The van der Waals surface area contributed by atoms with E-state index >= 15 is 0 Å². The lowest BCUT2D eigenvalue weighted by Gasteiger charge is -2.35. The van der Waals surface area contributed by atoms with Gasteiger partial charge in [-0.3, -0.25) is 10.1 Å². The van der Waals surface area contributed by atoms with E-state index in [1.807, 2.05) is 24.9 Å². The summed E-state index contributed by atoms with van der Waals surface area (Å²) < 4.78 is 0. The van der Waals surface area contributed by atoms with E-state index in [1.54, 1.807) is 6.07 Å². The van der Waals surface area contributed by atoms with Crippen molar-refractivity contribution in [1.29, 1.82) is 0 Å². The number of nitro benzene ring substituents is 1. The maximum absolute atomic E-state index is 11.0. The molecule has 0 aromatic heterocycles. The topological polar surface area (TPSA) is 66.6 Å². The van der Waals surface area contributed by atoms with Gasteiger partial charge in [0.1, 0.15) is 5.69 Å². The Morgan fingerprint density at radius 3 is 2.72 bits per heavy atom. The lowest BCUT2D eigenvalue weighted by molar-refractivity contribution is -0.384. The van der Waals surface area contributed by atoms with E-state index in [9.17, 15) is 15.2 Å². The fourth-order valence-corrected chi connectivity index (χ4v) is 2.62. The smallest absolute Gasteiger partial charge is 0.292 e. The van der Waals surface area contributed by atoms with Crippen molar-refractivity contribution in [2.75, 3.05) is 18.5 Å². The largest absolute Gasteiger partial charge is 0.393 e. The summed E-state index contributed by atoms with van der Waals surface area (Å²) in [7, 11) is 1.88. The van der Waals surface area contributed by atoms with E-state index in [-0.39, 0.29) is 16.7 Å². The molecule has 1 aliphatic carbocycles. The van der Waals surface area contributed by atoms with Gasteiger partial charge in [0, 0.05) is 19.7 Å². The summed E-state index contributed by atoms with van der Waals surface area (Å²) in [5.74, 6) is 0.434. The molecule has 2 rings (SSSR count). The quantitative estimate of drug-likeness (QED) is 0.656. The van der Waals surface area contributed by atoms with Crippen LogP contribution in [0.2, 0.25) is 0 Å². The molecular formula is C13H18N2O3. The standard InChI is InChI=1S/C13H18N2O3/c1-9-4-3-5-12(15(17)18)13(9)14(2)8-10-6-11(16)7-10/h3-5,10-11,16H,6-8H2,1-2H3. The molecule has 1 saturated carbocycles. The molecule has 1 fully saturated rings. The molecule has 0 heterocycles. The molecule has 18 heavy (non-hydrogen) atoms. The summed E-state index contributed by atoms with van der Waals surface area (Å²) in [6.45, 7) is 2.64. The van der Waals surface area contributed by atoms with Crippen molar-refractivity contribution in [3.05, 3.63) is 33.9 Å². The third kappa shape index (κ3) is 2.46. The number of anilines is 1. The number of nitro groups is 1. The van der Waals surface area contributed by atoms with Gasteiger partial charge >= 0.3 is 0 Å². The minimum Gasteiger partial charge on any atom is -0.393 e. The van der Waals surface area contributed by atoms with Crippen molar-refractivity contribution in [3.63, 3.8) is 0 Å². The molecule has 0 radical (unpaired) electrons. The van der Waals surface area contributed by atoms with Crippen molar-refractivity contribution in [2.24, 2.45) is 5.92 Å². The predicted molar refractivity (Wildman–Crippen MR) is 69.8 cm³/mol. The van der Waals surface area contributed by atoms with Crippen LogP contribution in [-0.4, -0.2) is 29.7 Å². The minimum absolute atomic E-state index is 0.150. The number of hydrogen-bond acceptors (Lipinski definition) is 4. The lowest BCUT2D eigenvalue weighted by Crippen LogP contribution is -2.37. The summed E-state index contributed by atoms with van der Waals surface area (Å²) in [5, 5.41) is 20.3. The summed E-state index contributed by atoms with van der Waals surface area (Å²) in [6, 6.07) is 5.13. The van der Waals surface area contributed by atoms with Crippen LogP contribution in [0.25, 0.3) is 0 Å². The average Bonchev–Trinajstić information content (AvgIpc) is 2.26.